The predicted molar refractivity (Wildman–Crippen MR) is 112 cm³/mol. The van der Waals surface area contributed by atoms with Gasteiger partial charge in [0, 0.05) is 24.2 Å². The van der Waals surface area contributed by atoms with Crippen molar-refractivity contribution in [3.05, 3.63) is 41.1 Å². The Morgan fingerprint density at radius 2 is 1.97 bits per heavy atom. The van der Waals surface area contributed by atoms with Crippen LogP contribution in [-0.4, -0.2) is 53.9 Å². The Labute approximate surface area is 175 Å². The number of para-hydroxylation sites is 1. The monoisotopic (exact) mass is 409 g/mol. The zero-order chi connectivity index (χ0) is 21.3. The number of fused-ring (bicyclic) bond motifs is 2. The number of esters is 1. The number of benzene rings is 1. The highest BCUT2D eigenvalue weighted by Gasteiger charge is 2.27. The van der Waals surface area contributed by atoms with E-state index in [1.807, 2.05) is 24.3 Å². The predicted octanol–water partition coefficient (Wildman–Crippen LogP) is 2.25. The number of nitrogens with zero attached hydrogens (tertiary/aromatic N) is 2. The van der Waals surface area contributed by atoms with Gasteiger partial charge in [-0.15, -0.1) is 0 Å². The van der Waals surface area contributed by atoms with E-state index in [9.17, 15) is 14.4 Å². The molecule has 7 nitrogen and oxygen atoms in total. The van der Waals surface area contributed by atoms with E-state index < -0.39 is 18.5 Å². The highest BCUT2D eigenvalue weighted by atomic mass is 16.5. The maximum Gasteiger partial charge on any atom is 0.339 e. The van der Waals surface area contributed by atoms with E-state index in [2.05, 4.69) is 12.2 Å². The average molecular weight is 409 g/mol. The Morgan fingerprint density at radius 3 is 2.73 bits per heavy atom. The normalized spacial score (nSPS) is 17.9. The second kappa shape index (κ2) is 8.42. The molecule has 1 aromatic carbocycles. The molecule has 1 saturated carbocycles. The van der Waals surface area contributed by atoms with Gasteiger partial charge in [-0.25, -0.2) is 4.79 Å². The number of rotatable bonds is 6. The minimum Gasteiger partial charge on any atom is -0.452 e. The third kappa shape index (κ3) is 4.45. The number of likely N-dealkylation sites (N-methyl/N-ethyl adjacent to an activating group) is 1. The van der Waals surface area contributed by atoms with Crippen molar-refractivity contribution in [2.75, 3.05) is 20.2 Å². The first-order valence-electron chi connectivity index (χ1n) is 10.5. The standard InChI is InChI=1S/C23H27N3O4/c1-14-7-10-19-17(11-14)22(16-5-3-4-6-18(16)25-19)23(29)30-13-21(28)26(2)12-20(27)24-15-8-9-15/h3-6,14-15H,7-13H2,1-2H3,(H,24,27)/t14-/m1/s1. The molecule has 2 aliphatic carbocycles. The van der Waals surface area contributed by atoms with Gasteiger partial charge < -0.3 is 15.0 Å². The maximum atomic E-state index is 13.0. The van der Waals surface area contributed by atoms with Crippen LogP contribution in [0.25, 0.3) is 10.9 Å². The fraction of sp³-hybridized carbons (Fsp3) is 0.478. The molecular formula is C23H27N3O4. The Balaban J connectivity index is 1.48. The van der Waals surface area contributed by atoms with Crippen LogP contribution in [0.1, 0.15) is 47.8 Å². The molecule has 0 saturated heterocycles. The number of hydrogen-bond acceptors (Lipinski definition) is 5. The van der Waals surface area contributed by atoms with Crippen molar-refractivity contribution in [1.82, 2.24) is 15.2 Å². The first-order valence-corrected chi connectivity index (χ1v) is 10.5. The highest BCUT2D eigenvalue weighted by molar-refractivity contribution is 6.05. The van der Waals surface area contributed by atoms with Crippen LogP contribution >= 0.6 is 0 Å². The van der Waals surface area contributed by atoms with E-state index in [4.69, 9.17) is 9.72 Å². The molecule has 0 radical (unpaired) electrons. The summed E-state index contributed by atoms with van der Waals surface area (Å²) in [6.07, 6.45) is 4.62. The number of nitrogens with one attached hydrogen (secondary N) is 1. The number of aryl methyl sites for hydroxylation is 1. The third-order valence-electron chi connectivity index (χ3n) is 5.79. The summed E-state index contributed by atoms with van der Waals surface area (Å²) in [5.41, 5.74) is 3.16. The van der Waals surface area contributed by atoms with E-state index in [1.165, 1.54) is 11.9 Å². The molecule has 7 heteroatoms. The number of hydrogen-bond donors (Lipinski definition) is 1. The summed E-state index contributed by atoms with van der Waals surface area (Å²) in [6.45, 7) is 1.73. The Kier molecular flexibility index (Phi) is 5.70. The summed E-state index contributed by atoms with van der Waals surface area (Å²) >= 11 is 0. The lowest BCUT2D eigenvalue weighted by Crippen LogP contribution is -2.40. The number of carbonyl (C=O) groups is 3. The SMILES string of the molecule is C[C@@H]1CCc2nc3ccccc3c(C(=O)OCC(=O)N(C)CC(=O)NC3CC3)c2C1. The van der Waals surface area contributed by atoms with Gasteiger partial charge in [-0.2, -0.15) is 0 Å². The van der Waals surface area contributed by atoms with Crippen LogP contribution < -0.4 is 5.32 Å². The summed E-state index contributed by atoms with van der Waals surface area (Å²) in [6, 6.07) is 7.77. The second-order valence-electron chi connectivity index (χ2n) is 8.44. The van der Waals surface area contributed by atoms with Gasteiger partial charge in [0.2, 0.25) is 5.91 Å². The lowest BCUT2D eigenvalue weighted by molar-refractivity contribution is -0.137. The van der Waals surface area contributed by atoms with Crippen molar-refractivity contribution in [3.63, 3.8) is 0 Å². The molecule has 0 aliphatic heterocycles. The smallest absolute Gasteiger partial charge is 0.339 e. The third-order valence-corrected chi connectivity index (χ3v) is 5.79. The number of aromatic nitrogens is 1. The minimum absolute atomic E-state index is 0.0437. The fourth-order valence-corrected chi connectivity index (χ4v) is 3.91. The number of ether oxygens (including phenoxy) is 1. The lowest BCUT2D eigenvalue weighted by atomic mass is 9.84. The molecule has 4 rings (SSSR count). The molecule has 1 atom stereocenters. The van der Waals surface area contributed by atoms with Crippen molar-refractivity contribution >= 4 is 28.7 Å². The van der Waals surface area contributed by atoms with Crippen molar-refractivity contribution in [2.24, 2.45) is 5.92 Å². The molecule has 158 valence electrons. The Hall–Kier alpha value is -2.96. The number of amides is 2. The van der Waals surface area contributed by atoms with Crippen LogP contribution in [0.15, 0.2) is 24.3 Å². The van der Waals surface area contributed by atoms with Crippen LogP contribution in [0.5, 0.6) is 0 Å². The van der Waals surface area contributed by atoms with Crippen LogP contribution in [0.2, 0.25) is 0 Å². The fourth-order valence-electron chi connectivity index (χ4n) is 3.91. The second-order valence-corrected chi connectivity index (χ2v) is 8.44. The van der Waals surface area contributed by atoms with Gasteiger partial charge in [-0.05, 0) is 49.7 Å². The van der Waals surface area contributed by atoms with E-state index in [0.29, 0.717) is 11.5 Å². The molecule has 2 aromatic rings. The number of carbonyl (C=O) groups excluding carboxylic acids is 3. The van der Waals surface area contributed by atoms with Crippen LogP contribution in [-0.2, 0) is 27.2 Å². The average Bonchev–Trinajstić information content (AvgIpc) is 3.53. The van der Waals surface area contributed by atoms with Gasteiger partial charge in [0.05, 0.1) is 17.6 Å². The van der Waals surface area contributed by atoms with E-state index >= 15 is 0 Å². The quantitative estimate of drug-likeness (QED) is 0.740. The molecule has 1 heterocycles. The summed E-state index contributed by atoms with van der Waals surface area (Å²) in [5, 5.41) is 3.59. The van der Waals surface area contributed by atoms with Crippen molar-refractivity contribution < 1.29 is 19.1 Å². The topological polar surface area (TPSA) is 88.6 Å². The highest BCUT2D eigenvalue weighted by Crippen LogP contribution is 2.32. The minimum atomic E-state index is -0.511. The summed E-state index contributed by atoms with van der Waals surface area (Å²) < 4.78 is 5.41. The van der Waals surface area contributed by atoms with Gasteiger partial charge in [0.25, 0.3) is 5.91 Å². The molecule has 2 amide bonds. The molecule has 1 aromatic heterocycles. The largest absolute Gasteiger partial charge is 0.452 e. The van der Waals surface area contributed by atoms with Crippen molar-refractivity contribution in [2.45, 2.75) is 45.1 Å². The summed E-state index contributed by atoms with van der Waals surface area (Å²) in [4.78, 5) is 43.3. The molecular weight excluding hydrogens is 382 g/mol. The van der Waals surface area contributed by atoms with Crippen molar-refractivity contribution in [3.8, 4) is 0 Å². The zero-order valence-electron chi connectivity index (χ0n) is 17.4. The van der Waals surface area contributed by atoms with E-state index in [1.54, 1.807) is 0 Å². The maximum absolute atomic E-state index is 13.0. The van der Waals surface area contributed by atoms with Crippen LogP contribution in [0.4, 0.5) is 0 Å². The molecule has 0 bridgehead atoms. The molecule has 0 unspecified atom stereocenters. The van der Waals surface area contributed by atoms with E-state index in [-0.39, 0.29) is 18.5 Å². The van der Waals surface area contributed by atoms with Gasteiger partial charge in [-0.1, -0.05) is 25.1 Å². The van der Waals surface area contributed by atoms with Gasteiger partial charge >= 0.3 is 5.97 Å². The molecule has 30 heavy (non-hydrogen) atoms. The zero-order valence-corrected chi connectivity index (χ0v) is 17.4. The first-order chi connectivity index (χ1) is 14.4. The van der Waals surface area contributed by atoms with Gasteiger partial charge in [-0.3, -0.25) is 14.6 Å². The molecule has 2 aliphatic rings. The number of pyridine rings is 1. The first kappa shape index (κ1) is 20.3. The Morgan fingerprint density at radius 1 is 1.20 bits per heavy atom. The van der Waals surface area contributed by atoms with Crippen molar-refractivity contribution in [1.29, 1.82) is 0 Å². The molecule has 1 N–H and O–H groups in total. The lowest BCUT2D eigenvalue weighted by Gasteiger charge is -2.24. The van der Waals surface area contributed by atoms with Gasteiger partial charge in [0.1, 0.15) is 0 Å². The summed E-state index contributed by atoms with van der Waals surface area (Å²) in [5.74, 6) is -0.648. The Bertz CT molecular complexity index is 999. The van der Waals surface area contributed by atoms with Crippen LogP contribution in [0.3, 0.4) is 0 Å². The summed E-state index contributed by atoms with van der Waals surface area (Å²) in [7, 11) is 1.54. The van der Waals surface area contributed by atoms with E-state index in [0.717, 1.165) is 54.3 Å². The van der Waals surface area contributed by atoms with Crippen LogP contribution in [0, 0.1) is 5.92 Å². The molecule has 0 spiro atoms. The molecule has 1 fully saturated rings. The van der Waals surface area contributed by atoms with Gasteiger partial charge in [0.15, 0.2) is 6.61 Å².